The molecule has 10 heteroatoms. The number of nitrogens with two attached hydrogens (primary N) is 1. The first-order chi connectivity index (χ1) is 15.9. The van der Waals surface area contributed by atoms with Crippen molar-refractivity contribution in [3.05, 3.63) is 30.2 Å². The number of nitrogens with zero attached hydrogens (tertiary/aromatic N) is 2. The second-order valence-electron chi connectivity index (χ2n) is 8.26. The highest BCUT2D eigenvalue weighted by molar-refractivity contribution is 7.88. The number of hydrogen-bond donors (Lipinski definition) is 3. The summed E-state index contributed by atoms with van der Waals surface area (Å²) in [7, 11) is -3.10. The number of nitrogens with one attached hydrogen (secondary N) is 2. The molecule has 4 N–H and O–H groups in total. The van der Waals surface area contributed by atoms with E-state index >= 15 is 0 Å². The van der Waals surface area contributed by atoms with Crippen molar-refractivity contribution in [1.29, 1.82) is 0 Å². The van der Waals surface area contributed by atoms with Gasteiger partial charge in [-0.05, 0) is 50.9 Å². The van der Waals surface area contributed by atoms with E-state index in [0.717, 1.165) is 59.1 Å². The number of aromatic amines is 1. The highest BCUT2D eigenvalue weighted by atomic mass is 32.2. The van der Waals surface area contributed by atoms with E-state index in [2.05, 4.69) is 14.7 Å². The van der Waals surface area contributed by atoms with Crippen molar-refractivity contribution in [3.63, 3.8) is 0 Å². The van der Waals surface area contributed by atoms with E-state index in [1.807, 2.05) is 25.1 Å². The Morgan fingerprint density at radius 2 is 2.03 bits per heavy atom. The number of pyridine rings is 1. The number of hydrogen-bond acceptors (Lipinski definition) is 7. The summed E-state index contributed by atoms with van der Waals surface area (Å²) in [6.45, 7) is 4.89. The lowest BCUT2D eigenvalue weighted by molar-refractivity contribution is 0.112. The predicted octanol–water partition coefficient (Wildman–Crippen LogP) is 2.75. The summed E-state index contributed by atoms with van der Waals surface area (Å²) in [5, 5.41) is 0.977. The minimum Gasteiger partial charge on any atom is -0.494 e. The number of benzene rings is 1. The highest BCUT2D eigenvalue weighted by Gasteiger charge is 2.16. The summed E-state index contributed by atoms with van der Waals surface area (Å²) in [6, 6.07) is 5.92. The maximum Gasteiger partial charge on any atom is 0.208 e. The Kier molecular flexibility index (Phi) is 9.42. The van der Waals surface area contributed by atoms with E-state index in [1.165, 1.54) is 6.26 Å². The third kappa shape index (κ3) is 7.63. The van der Waals surface area contributed by atoms with Crippen LogP contribution in [0.4, 0.5) is 0 Å². The van der Waals surface area contributed by atoms with Crippen LogP contribution < -0.4 is 15.2 Å². The van der Waals surface area contributed by atoms with E-state index in [1.54, 1.807) is 6.33 Å². The summed E-state index contributed by atoms with van der Waals surface area (Å²) in [5.74, 6) is 0.988. The Balaban J connectivity index is 1.59. The topological polar surface area (TPSA) is 132 Å². The van der Waals surface area contributed by atoms with Crippen LogP contribution in [-0.2, 0) is 21.2 Å². The van der Waals surface area contributed by atoms with Gasteiger partial charge in [0, 0.05) is 24.5 Å². The number of H-pyrrole nitrogens is 1. The zero-order valence-electron chi connectivity index (χ0n) is 19.5. The number of sulfonamides is 1. The van der Waals surface area contributed by atoms with Crippen LogP contribution >= 0.6 is 0 Å². The molecule has 0 aliphatic rings. The van der Waals surface area contributed by atoms with Gasteiger partial charge in [0.15, 0.2) is 0 Å². The molecule has 1 atom stereocenters. The standard InChI is InChI=1S/C23H35N5O4S/c1-3-31-15-17(14-24)12-21-23-22(25-16-26-23)19-13-18(8-9-20(19)28-21)32-11-7-5-4-6-10-27-33(2,29)30/h8-9,13,16-17,27H,3-7,10-12,14-15,24H2,1-2H3,(H,25,26). The summed E-state index contributed by atoms with van der Waals surface area (Å²) >= 11 is 0. The fraction of sp³-hybridized carbons (Fsp3) is 0.565. The van der Waals surface area contributed by atoms with Gasteiger partial charge < -0.3 is 20.2 Å². The molecule has 0 bridgehead atoms. The van der Waals surface area contributed by atoms with Crippen LogP contribution in [0.3, 0.4) is 0 Å². The Bertz CT molecular complexity index is 1130. The number of imidazole rings is 1. The Morgan fingerprint density at radius 3 is 2.79 bits per heavy atom. The van der Waals surface area contributed by atoms with Gasteiger partial charge in [0.1, 0.15) is 11.3 Å². The van der Waals surface area contributed by atoms with Crippen molar-refractivity contribution in [1.82, 2.24) is 19.7 Å². The van der Waals surface area contributed by atoms with Gasteiger partial charge in [0.05, 0.1) is 42.5 Å². The molecule has 0 spiro atoms. The summed E-state index contributed by atoms with van der Waals surface area (Å²) in [6.07, 6.45) is 7.26. The van der Waals surface area contributed by atoms with Gasteiger partial charge in [0.25, 0.3) is 0 Å². The van der Waals surface area contributed by atoms with Crippen molar-refractivity contribution in [2.75, 3.05) is 39.2 Å². The SMILES string of the molecule is CCOCC(CN)Cc1nc2ccc(OCCCCCCNS(C)(=O)=O)cc2c2[nH]cnc12. The van der Waals surface area contributed by atoms with Crippen LogP contribution in [0.2, 0.25) is 0 Å². The number of fused-ring (bicyclic) bond motifs is 3. The molecule has 0 fully saturated rings. The van der Waals surface area contributed by atoms with Crippen LogP contribution in [0.25, 0.3) is 21.9 Å². The van der Waals surface area contributed by atoms with Gasteiger partial charge in [-0.25, -0.2) is 18.1 Å². The summed E-state index contributed by atoms with van der Waals surface area (Å²) in [4.78, 5) is 12.6. The first-order valence-corrected chi connectivity index (χ1v) is 13.4. The lowest BCUT2D eigenvalue weighted by atomic mass is 10.0. The van der Waals surface area contributed by atoms with Crippen molar-refractivity contribution in [2.24, 2.45) is 11.7 Å². The average molecular weight is 478 g/mol. The summed E-state index contributed by atoms with van der Waals surface area (Å²) in [5.41, 5.74) is 9.56. The van der Waals surface area contributed by atoms with Crippen LogP contribution in [0.5, 0.6) is 5.75 Å². The minimum absolute atomic E-state index is 0.194. The largest absolute Gasteiger partial charge is 0.494 e. The molecule has 3 rings (SSSR count). The predicted molar refractivity (Wildman–Crippen MR) is 131 cm³/mol. The first-order valence-electron chi connectivity index (χ1n) is 11.5. The molecule has 1 unspecified atom stereocenters. The van der Waals surface area contributed by atoms with E-state index in [4.69, 9.17) is 20.2 Å². The van der Waals surface area contributed by atoms with Gasteiger partial charge in [-0.15, -0.1) is 0 Å². The monoisotopic (exact) mass is 477 g/mol. The first kappa shape index (κ1) is 25.4. The number of rotatable bonds is 15. The molecular weight excluding hydrogens is 442 g/mol. The Morgan fingerprint density at radius 1 is 1.21 bits per heavy atom. The number of unbranched alkanes of at least 4 members (excludes halogenated alkanes) is 3. The number of ether oxygens (including phenoxy) is 2. The minimum atomic E-state index is -3.10. The second-order valence-corrected chi connectivity index (χ2v) is 10.1. The second kappa shape index (κ2) is 12.3. The third-order valence-corrected chi connectivity index (χ3v) is 6.21. The molecular formula is C23H35N5O4S. The maximum atomic E-state index is 11.0. The van der Waals surface area contributed by atoms with Crippen molar-refractivity contribution >= 4 is 32.0 Å². The molecule has 182 valence electrons. The van der Waals surface area contributed by atoms with E-state index in [-0.39, 0.29) is 5.92 Å². The van der Waals surface area contributed by atoms with Gasteiger partial charge in [-0.1, -0.05) is 12.8 Å². The fourth-order valence-electron chi connectivity index (χ4n) is 3.76. The fourth-order valence-corrected chi connectivity index (χ4v) is 4.27. The highest BCUT2D eigenvalue weighted by Crippen LogP contribution is 2.28. The van der Waals surface area contributed by atoms with Crippen LogP contribution in [0.15, 0.2) is 24.5 Å². The Hall–Kier alpha value is -2.27. The lowest BCUT2D eigenvalue weighted by Gasteiger charge is -2.15. The average Bonchev–Trinajstić information content (AvgIpc) is 3.28. The Labute approximate surface area is 195 Å². The molecule has 2 aromatic heterocycles. The van der Waals surface area contributed by atoms with Gasteiger partial charge in [-0.3, -0.25) is 4.98 Å². The van der Waals surface area contributed by atoms with Crippen molar-refractivity contribution < 1.29 is 17.9 Å². The van der Waals surface area contributed by atoms with Crippen molar-refractivity contribution in [3.8, 4) is 5.75 Å². The lowest BCUT2D eigenvalue weighted by Crippen LogP contribution is -2.23. The van der Waals surface area contributed by atoms with Crippen molar-refractivity contribution in [2.45, 2.75) is 39.0 Å². The van der Waals surface area contributed by atoms with E-state index in [0.29, 0.717) is 39.3 Å². The molecule has 0 saturated carbocycles. The molecule has 1 aromatic carbocycles. The molecule has 3 aromatic rings. The molecule has 0 aliphatic heterocycles. The molecule has 0 radical (unpaired) electrons. The normalized spacial score (nSPS) is 13.1. The number of aromatic nitrogens is 3. The third-order valence-electron chi connectivity index (χ3n) is 5.48. The zero-order chi connectivity index (χ0) is 23.7. The molecule has 0 amide bonds. The molecule has 2 heterocycles. The van der Waals surface area contributed by atoms with E-state index in [9.17, 15) is 8.42 Å². The molecule has 33 heavy (non-hydrogen) atoms. The van der Waals surface area contributed by atoms with Crippen LogP contribution in [-0.4, -0.2) is 62.5 Å². The van der Waals surface area contributed by atoms with Gasteiger partial charge in [0.2, 0.25) is 10.0 Å². The molecule has 9 nitrogen and oxygen atoms in total. The summed E-state index contributed by atoms with van der Waals surface area (Å²) < 4.78 is 36.1. The van der Waals surface area contributed by atoms with Gasteiger partial charge >= 0.3 is 0 Å². The molecule has 0 aliphatic carbocycles. The smallest absolute Gasteiger partial charge is 0.208 e. The van der Waals surface area contributed by atoms with E-state index < -0.39 is 10.0 Å². The molecule has 0 saturated heterocycles. The quantitative estimate of drug-likeness (QED) is 0.287. The van der Waals surface area contributed by atoms with Gasteiger partial charge in [-0.2, -0.15) is 0 Å². The van der Waals surface area contributed by atoms with Crippen LogP contribution in [0, 0.1) is 5.92 Å². The zero-order valence-corrected chi connectivity index (χ0v) is 20.3. The maximum absolute atomic E-state index is 11.0. The van der Waals surface area contributed by atoms with Crippen LogP contribution in [0.1, 0.15) is 38.3 Å².